The van der Waals surface area contributed by atoms with Crippen LogP contribution < -0.4 is 5.32 Å². The highest BCUT2D eigenvalue weighted by Crippen LogP contribution is 2.35. The van der Waals surface area contributed by atoms with Gasteiger partial charge in [-0.05, 0) is 31.0 Å². The molecule has 0 atom stereocenters. The molecule has 0 aliphatic rings. The summed E-state index contributed by atoms with van der Waals surface area (Å²) < 4.78 is 5.00. The van der Waals surface area contributed by atoms with Gasteiger partial charge in [0.25, 0.3) is 5.91 Å². The van der Waals surface area contributed by atoms with Crippen molar-refractivity contribution in [3.05, 3.63) is 65.2 Å². The second-order valence-electron chi connectivity index (χ2n) is 6.23. The van der Waals surface area contributed by atoms with Gasteiger partial charge in [0.15, 0.2) is 6.61 Å². The van der Waals surface area contributed by atoms with E-state index in [0.717, 1.165) is 17.2 Å². The van der Waals surface area contributed by atoms with Crippen LogP contribution in [0, 0.1) is 13.8 Å². The molecular formula is C21H19NO5. The van der Waals surface area contributed by atoms with Crippen molar-refractivity contribution in [3.8, 4) is 11.5 Å². The fourth-order valence-electron chi connectivity index (χ4n) is 2.89. The average molecular weight is 365 g/mol. The number of phenols is 2. The van der Waals surface area contributed by atoms with Gasteiger partial charge >= 0.3 is 5.97 Å². The van der Waals surface area contributed by atoms with Gasteiger partial charge in [0.2, 0.25) is 0 Å². The Morgan fingerprint density at radius 1 is 0.963 bits per heavy atom. The Hall–Kier alpha value is -3.54. The van der Waals surface area contributed by atoms with E-state index >= 15 is 0 Å². The smallest absolute Gasteiger partial charge is 0.342 e. The van der Waals surface area contributed by atoms with Gasteiger partial charge in [-0.15, -0.1) is 0 Å². The molecule has 0 aliphatic heterocycles. The number of carbonyl (C=O) groups is 2. The summed E-state index contributed by atoms with van der Waals surface area (Å²) in [6.45, 7) is 3.22. The van der Waals surface area contributed by atoms with Crippen molar-refractivity contribution in [2.45, 2.75) is 13.8 Å². The number of aryl methyl sites for hydroxylation is 2. The molecule has 0 fully saturated rings. The summed E-state index contributed by atoms with van der Waals surface area (Å²) in [4.78, 5) is 24.4. The maximum Gasteiger partial charge on any atom is 0.342 e. The maximum atomic E-state index is 12.3. The number of para-hydroxylation sites is 1. The molecule has 27 heavy (non-hydrogen) atoms. The molecule has 0 radical (unpaired) electrons. The summed E-state index contributed by atoms with van der Waals surface area (Å²) in [5.41, 5.74) is 2.26. The third kappa shape index (κ3) is 3.69. The third-order valence-electron chi connectivity index (χ3n) is 4.29. The van der Waals surface area contributed by atoms with E-state index in [0.29, 0.717) is 16.5 Å². The maximum absolute atomic E-state index is 12.3. The fraction of sp³-hybridized carbons (Fsp3) is 0.143. The van der Waals surface area contributed by atoms with Crippen LogP contribution >= 0.6 is 0 Å². The highest BCUT2D eigenvalue weighted by Gasteiger charge is 2.19. The molecule has 138 valence electrons. The van der Waals surface area contributed by atoms with Crippen molar-refractivity contribution in [1.29, 1.82) is 0 Å². The number of ether oxygens (including phenoxy) is 1. The number of amides is 1. The molecule has 3 rings (SSSR count). The van der Waals surface area contributed by atoms with Gasteiger partial charge < -0.3 is 20.3 Å². The number of aromatic hydroxyl groups is 2. The first-order chi connectivity index (χ1) is 12.9. The highest BCUT2D eigenvalue weighted by molar-refractivity contribution is 6.04. The minimum atomic E-state index is -0.898. The van der Waals surface area contributed by atoms with Crippen LogP contribution in [0.15, 0.2) is 48.5 Å². The quantitative estimate of drug-likeness (QED) is 0.484. The number of anilines is 1. The second-order valence-corrected chi connectivity index (χ2v) is 6.23. The zero-order valence-electron chi connectivity index (χ0n) is 14.9. The van der Waals surface area contributed by atoms with Crippen molar-refractivity contribution in [3.63, 3.8) is 0 Å². The largest absolute Gasteiger partial charge is 0.507 e. The van der Waals surface area contributed by atoms with E-state index in [1.54, 1.807) is 24.3 Å². The number of phenolic OH excluding ortho intramolecular Hbond substituents is 2. The lowest BCUT2D eigenvalue weighted by molar-refractivity contribution is -0.119. The zero-order chi connectivity index (χ0) is 19.6. The van der Waals surface area contributed by atoms with Crippen LogP contribution in [-0.4, -0.2) is 28.7 Å². The summed E-state index contributed by atoms with van der Waals surface area (Å²) in [7, 11) is 0. The predicted octanol–water partition coefficient (Wildman–Crippen LogP) is 3.66. The fourth-order valence-corrected chi connectivity index (χ4v) is 2.89. The number of fused-ring (bicyclic) bond motifs is 1. The number of carbonyl (C=O) groups excluding carboxylic acids is 2. The predicted molar refractivity (Wildman–Crippen MR) is 102 cm³/mol. The summed E-state index contributed by atoms with van der Waals surface area (Å²) in [6.07, 6.45) is 0. The van der Waals surface area contributed by atoms with Gasteiger partial charge in [0, 0.05) is 16.5 Å². The Kier molecular flexibility index (Phi) is 4.98. The van der Waals surface area contributed by atoms with Crippen molar-refractivity contribution in [2.24, 2.45) is 0 Å². The number of rotatable bonds is 4. The first kappa shape index (κ1) is 18.3. The highest BCUT2D eigenvalue weighted by atomic mass is 16.5. The van der Waals surface area contributed by atoms with Crippen molar-refractivity contribution < 1.29 is 24.5 Å². The summed E-state index contributed by atoms with van der Waals surface area (Å²) >= 11 is 0. The molecular weight excluding hydrogens is 346 g/mol. The Morgan fingerprint density at radius 2 is 1.59 bits per heavy atom. The SMILES string of the molecule is Cc1cccc(C)c1NC(=O)COC(=O)c1cc(O)c2ccccc2c1O. The number of esters is 1. The lowest BCUT2D eigenvalue weighted by atomic mass is 10.0. The Balaban J connectivity index is 1.74. The van der Waals surface area contributed by atoms with Gasteiger partial charge in [-0.25, -0.2) is 4.79 Å². The molecule has 0 aromatic heterocycles. The van der Waals surface area contributed by atoms with Crippen LogP contribution in [-0.2, 0) is 9.53 Å². The van der Waals surface area contributed by atoms with Crippen LogP contribution in [0.1, 0.15) is 21.5 Å². The summed E-state index contributed by atoms with van der Waals surface area (Å²) in [6, 6.07) is 13.3. The molecule has 6 heteroatoms. The van der Waals surface area contributed by atoms with Crippen LogP contribution in [0.25, 0.3) is 10.8 Å². The topological polar surface area (TPSA) is 95.9 Å². The van der Waals surface area contributed by atoms with E-state index in [1.807, 2.05) is 32.0 Å². The van der Waals surface area contributed by atoms with E-state index in [1.165, 1.54) is 0 Å². The standard InChI is InChI=1S/C21H19NO5/c1-12-6-5-7-13(2)19(12)22-18(24)11-27-21(26)16-10-17(23)14-8-3-4-9-15(14)20(16)25/h3-10,23,25H,11H2,1-2H3,(H,22,24). The zero-order valence-corrected chi connectivity index (χ0v) is 14.9. The molecule has 0 saturated carbocycles. The molecule has 0 spiro atoms. The lowest BCUT2D eigenvalue weighted by Gasteiger charge is -2.12. The van der Waals surface area contributed by atoms with E-state index in [-0.39, 0.29) is 17.1 Å². The van der Waals surface area contributed by atoms with Crippen molar-refractivity contribution in [1.82, 2.24) is 0 Å². The van der Waals surface area contributed by atoms with Gasteiger partial charge in [-0.1, -0.05) is 42.5 Å². The molecule has 3 aromatic rings. The molecule has 6 nitrogen and oxygen atoms in total. The summed E-state index contributed by atoms with van der Waals surface area (Å²) in [5, 5.41) is 23.8. The first-order valence-electron chi connectivity index (χ1n) is 8.35. The monoisotopic (exact) mass is 365 g/mol. The van der Waals surface area contributed by atoms with Gasteiger partial charge in [0.1, 0.15) is 17.1 Å². The number of nitrogens with one attached hydrogen (secondary N) is 1. The molecule has 0 bridgehead atoms. The first-order valence-corrected chi connectivity index (χ1v) is 8.35. The lowest BCUT2D eigenvalue weighted by Crippen LogP contribution is -2.22. The average Bonchev–Trinajstić information content (AvgIpc) is 2.66. The minimum Gasteiger partial charge on any atom is -0.507 e. The Bertz CT molecular complexity index is 1020. The second kappa shape index (κ2) is 7.37. The summed E-state index contributed by atoms with van der Waals surface area (Å²) in [5.74, 6) is -1.85. The Labute approximate surface area is 156 Å². The minimum absolute atomic E-state index is 0.157. The molecule has 3 N–H and O–H groups in total. The van der Waals surface area contributed by atoms with Gasteiger partial charge in [-0.2, -0.15) is 0 Å². The van der Waals surface area contributed by atoms with Gasteiger partial charge in [0.05, 0.1) is 0 Å². The van der Waals surface area contributed by atoms with Crippen LogP contribution in [0.4, 0.5) is 5.69 Å². The van der Waals surface area contributed by atoms with Crippen LogP contribution in [0.5, 0.6) is 11.5 Å². The molecule has 0 aliphatic carbocycles. The Morgan fingerprint density at radius 3 is 2.26 bits per heavy atom. The normalized spacial score (nSPS) is 10.6. The van der Waals surface area contributed by atoms with E-state index in [4.69, 9.17) is 4.74 Å². The third-order valence-corrected chi connectivity index (χ3v) is 4.29. The molecule has 1 amide bonds. The number of hydrogen-bond donors (Lipinski definition) is 3. The van der Waals surface area contributed by atoms with Crippen molar-refractivity contribution in [2.75, 3.05) is 11.9 Å². The number of benzene rings is 3. The molecule has 0 heterocycles. The van der Waals surface area contributed by atoms with E-state index in [9.17, 15) is 19.8 Å². The van der Waals surface area contributed by atoms with Gasteiger partial charge in [-0.3, -0.25) is 4.79 Å². The molecule has 3 aromatic carbocycles. The molecule has 0 unspecified atom stereocenters. The molecule has 0 saturated heterocycles. The van der Waals surface area contributed by atoms with Crippen LogP contribution in [0.3, 0.4) is 0 Å². The van der Waals surface area contributed by atoms with Crippen molar-refractivity contribution >= 4 is 28.3 Å². The van der Waals surface area contributed by atoms with E-state index in [2.05, 4.69) is 5.32 Å². The van der Waals surface area contributed by atoms with Crippen LogP contribution in [0.2, 0.25) is 0 Å². The number of hydrogen-bond acceptors (Lipinski definition) is 5. The van der Waals surface area contributed by atoms with E-state index < -0.39 is 18.5 Å².